The van der Waals surface area contributed by atoms with Crippen LogP contribution in [0.25, 0.3) is 17.0 Å². The van der Waals surface area contributed by atoms with Gasteiger partial charge in [-0.1, -0.05) is 30.3 Å². The van der Waals surface area contributed by atoms with Crippen LogP contribution in [0.2, 0.25) is 0 Å². The van der Waals surface area contributed by atoms with E-state index >= 15 is 0 Å². The number of amides is 2. The molecule has 3 aromatic rings. The number of aromatic nitrogens is 1. The highest BCUT2D eigenvalue weighted by molar-refractivity contribution is 7.80. The van der Waals surface area contributed by atoms with Crippen LogP contribution in [0, 0.1) is 10.1 Å². The minimum absolute atomic E-state index is 0.0732. The van der Waals surface area contributed by atoms with Crippen molar-refractivity contribution in [2.75, 3.05) is 0 Å². The third-order valence-electron chi connectivity index (χ3n) is 4.05. The number of nitrogens with one attached hydrogen (secondary N) is 3. The van der Waals surface area contributed by atoms with Gasteiger partial charge in [0.25, 0.3) is 11.6 Å². The number of hydrazine groups is 1. The first-order valence-corrected chi connectivity index (χ1v) is 9.19. The SMILES string of the molecule is O=C(/C=C/c1cccc([N+](=O)[O-])c1)NC(=S)NNC(=O)Cn1ccc2ccccc21. The number of rotatable bonds is 5. The molecule has 2 aromatic carbocycles. The van der Waals surface area contributed by atoms with Gasteiger partial charge in [-0.2, -0.15) is 0 Å². The number of nitro groups is 1. The summed E-state index contributed by atoms with van der Waals surface area (Å²) in [5.41, 5.74) is 6.22. The number of nitrogens with zero attached hydrogens (tertiary/aromatic N) is 2. The van der Waals surface area contributed by atoms with E-state index in [4.69, 9.17) is 12.2 Å². The Labute approximate surface area is 176 Å². The van der Waals surface area contributed by atoms with Gasteiger partial charge in [0.1, 0.15) is 6.54 Å². The van der Waals surface area contributed by atoms with Crippen LogP contribution in [-0.2, 0) is 16.1 Å². The van der Waals surface area contributed by atoms with E-state index in [-0.39, 0.29) is 23.3 Å². The number of fused-ring (bicyclic) bond motifs is 1. The second kappa shape index (κ2) is 9.43. The summed E-state index contributed by atoms with van der Waals surface area (Å²) >= 11 is 4.97. The number of thiocarbonyl (C=S) groups is 1. The molecule has 0 atom stereocenters. The molecule has 0 saturated heterocycles. The fourth-order valence-electron chi connectivity index (χ4n) is 2.70. The highest BCUT2D eigenvalue weighted by Crippen LogP contribution is 2.15. The highest BCUT2D eigenvalue weighted by Gasteiger charge is 2.08. The molecule has 0 aliphatic carbocycles. The Hall–Kier alpha value is -4.05. The molecule has 10 heteroatoms. The lowest BCUT2D eigenvalue weighted by Crippen LogP contribution is -2.48. The van der Waals surface area contributed by atoms with E-state index in [0.29, 0.717) is 5.56 Å². The van der Waals surface area contributed by atoms with E-state index in [2.05, 4.69) is 16.2 Å². The zero-order valence-corrected chi connectivity index (χ0v) is 16.4. The van der Waals surface area contributed by atoms with E-state index in [9.17, 15) is 19.7 Å². The predicted octanol–water partition coefficient (Wildman–Crippen LogP) is 2.28. The van der Waals surface area contributed by atoms with Crippen LogP contribution in [0.3, 0.4) is 0 Å². The number of carbonyl (C=O) groups is 2. The first kappa shape index (κ1) is 20.7. The molecule has 152 valence electrons. The monoisotopic (exact) mass is 423 g/mol. The normalized spacial score (nSPS) is 10.7. The summed E-state index contributed by atoms with van der Waals surface area (Å²) in [6, 6.07) is 15.4. The summed E-state index contributed by atoms with van der Waals surface area (Å²) in [5, 5.41) is 14.1. The van der Waals surface area contributed by atoms with Crippen molar-refractivity contribution in [1.82, 2.24) is 20.7 Å². The van der Waals surface area contributed by atoms with E-state index in [0.717, 1.165) is 10.9 Å². The second-order valence-electron chi connectivity index (χ2n) is 6.18. The van der Waals surface area contributed by atoms with E-state index in [1.807, 2.05) is 36.5 Å². The molecule has 0 radical (unpaired) electrons. The average Bonchev–Trinajstić information content (AvgIpc) is 3.14. The summed E-state index contributed by atoms with van der Waals surface area (Å²) in [4.78, 5) is 34.3. The van der Waals surface area contributed by atoms with Crippen LogP contribution in [0.5, 0.6) is 0 Å². The lowest BCUT2D eigenvalue weighted by atomic mass is 10.2. The summed E-state index contributed by atoms with van der Waals surface area (Å²) in [6.45, 7) is 0.0732. The van der Waals surface area contributed by atoms with Crippen LogP contribution in [0.15, 0.2) is 66.9 Å². The molecule has 1 heterocycles. The van der Waals surface area contributed by atoms with Crippen molar-refractivity contribution in [3.63, 3.8) is 0 Å². The zero-order chi connectivity index (χ0) is 21.5. The molecule has 3 rings (SSSR count). The number of non-ortho nitro benzene ring substituents is 1. The first-order valence-electron chi connectivity index (χ1n) is 8.78. The summed E-state index contributed by atoms with van der Waals surface area (Å²) in [5.74, 6) is -0.898. The third kappa shape index (κ3) is 5.49. The smallest absolute Gasteiger partial charge is 0.270 e. The fraction of sp³-hybridized carbons (Fsp3) is 0.0500. The van der Waals surface area contributed by atoms with E-state index in [1.165, 1.54) is 30.4 Å². The number of benzene rings is 2. The standard InChI is InChI=1S/C20H17N5O4S/c26-18(9-8-14-4-3-6-16(12-14)25(28)29)21-20(30)23-22-19(27)13-24-11-10-15-5-1-2-7-17(15)24/h1-12H,13H2,(H,22,27)(H2,21,23,26,30)/b9-8+. The van der Waals surface area contributed by atoms with Crippen LogP contribution < -0.4 is 16.2 Å². The average molecular weight is 423 g/mol. The predicted molar refractivity (Wildman–Crippen MR) is 116 cm³/mol. The largest absolute Gasteiger partial charge is 0.338 e. The lowest BCUT2D eigenvalue weighted by Gasteiger charge is -2.10. The molecule has 30 heavy (non-hydrogen) atoms. The van der Waals surface area contributed by atoms with Crippen molar-refractivity contribution in [3.05, 3.63) is 82.5 Å². The maximum atomic E-state index is 12.1. The Bertz CT molecular complexity index is 1150. The molecule has 1 aromatic heterocycles. The topological polar surface area (TPSA) is 118 Å². The highest BCUT2D eigenvalue weighted by atomic mass is 32.1. The fourth-order valence-corrected chi connectivity index (χ4v) is 2.85. The Kier molecular flexibility index (Phi) is 6.50. The van der Waals surface area contributed by atoms with E-state index in [1.54, 1.807) is 10.6 Å². The van der Waals surface area contributed by atoms with E-state index < -0.39 is 10.8 Å². The van der Waals surface area contributed by atoms with Gasteiger partial charge in [-0.3, -0.25) is 35.9 Å². The zero-order valence-electron chi connectivity index (χ0n) is 15.6. The molecule has 0 spiro atoms. The lowest BCUT2D eigenvalue weighted by molar-refractivity contribution is -0.384. The minimum Gasteiger partial charge on any atom is -0.338 e. The molecule has 0 aliphatic rings. The molecule has 9 nitrogen and oxygen atoms in total. The van der Waals surface area contributed by atoms with Crippen molar-refractivity contribution < 1.29 is 14.5 Å². The van der Waals surface area contributed by atoms with Crippen molar-refractivity contribution in [3.8, 4) is 0 Å². The van der Waals surface area contributed by atoms with Crippen LogP contribution in [0.1, 0.15) is 5.56 Å². The molecule has 0 aliphatic heterocycles. The van der Waals surface area contributed by atoms with Gasteiger partial charge in [0.15, 0.2) is 5.11 Å². The summed E-state index contributed by atoms with van der Waals surface area (Å²) in [6.07, 6.45) is 4.41. The number of hydrogen-bond donors (Lipinski definition) is 3. The molecule has 0 unspecified atom stereocenters. The number of hydrogen-bond acceptors (Lipinski definition) is 5. The third-order valence-corrected chi connectivity index (χ3v) is 4.26. The second-order valence-corrected chi connectivity index (χ2v) is 6.59. The summed E-state index contributed by atoms with van der Waals surface area (Å²) < 4.78 is 1.79. The molecule has 0 bridgehead atoms. The van der Waals surface area contributed by atoms with Crippen molar-refractivity contribution >= 4 is 51.8 Å². The van der Waals surface area contributed by atoms with Gasteiger partial charge in [-0.25, -0.2) is 0 Å². The van der Waals surface area contributed by atoms with Gasteiger partial charge < -0.3 is 4.57 Å². The van der Waals surface area contributed by atoms with Gasteiger partial charge in [-0.05, 0) is 41.4 Å². The first-order chi connectivity index (χ1) is 14.4. The minimum atomic E-state index is -0.551. The maximum Gasteiger partial charge on any atom is 0.270 e. The molecular weight excluding hydrogens is 406 g/mol. The summed E-state index contributed by atoms with van der Waals surface area (Å²) in [7, 11) is 0. The molecule has 3 N–H and O–H groups in total. The van der Waals surface area contributed by atoms with Crippen LogP contribution in [0.4, 0.5) is 5.69 Å². The Morgan fingerprint density at radius 3 is 2.70 bits per heavy atom. The Morgan fingerprint density at radius 1 is 1.10 bits per heavy atom. The maximum absolute atomic E-state index is 12.1. The number of carbonyl (C=O) groups excluding carboxylic acids is 2. The van der Waals surface area contributed by atoms with Gasteiger partial charge in [0.2, 0.25) is 5.91 Å². The van der Waals surface area contributed by atoms with Crippen molar-refractivity contribution in [2.24, 2.45) is 0 Å². The van der Waals surface area contributed by atoms with Crippen LogP contribution in [-0.4, -0.2) is 26.4 Å². The molecule has 2 amide bonds. The van der Waals surface area contributed by atoms with Crippen molar-refractivity contribution in [1.29, 1.82) is 0 Å². The van der Waals surface area contributed by atoms with Gasteiger partial charge in [-0.15, -0.1) is 0 Å². The van der Waals surface area contributed by atoms with Gasteiger partial charge in [0, 0.05) is 29.9 Å². The van der Waals surface area contributed by atoms with Crippen molar-refractivity contribution in [2.45, 2.75) is 6.54 Å². The molecular formula is C20H17N5O4S. The Balaban J connectivity index is 1.47. The quantitative estimate of drug-likeness (QED) is 0.251. The van der Waals surface area contributed by atoms with Gasteiger partial charge >= 0.3 is 0 Å². The number of nitro benzene ring substituents is 1. The van der Waals surface area contributed by atoms with Crippen LogP contribution >= 0.6 is 12.2 Å². The Morgan fingerprint density at radius 2 is 1.90 bits per heavy atom. The molecule has 0 fully saturated rings. The molecule has 0 saturated carbocycles. The number of para-hydroxylation sites is 1. The van der Waals surface area contributed by atoms with Gasteiger partial charge in [0.05, 0.1) is 4.92 Å².